The summed E-state index contributed by atoms with van der Waals surface area (Å²) in [6.45, 7) is 1.93. The molecule has 0 aliphatic rings. The quantitative estimate of drug-likeness (QED) is 0.856. The summed E-state index contributed by atoms with van der Waals surface area (Å²) in [5.74, 6) is 5.40. The lowest BCUT2D eigenvalue weighted by Gasteiger charge is -2.08. The van der Waals surface area contributed by atoms with Crippen molar-refractivity contribution in [2.45, 2.75) is 13.3 Å². The van der Waals surface area contributed by atoms with Gasteiger partial charge in [0.05, 0.1) is 24.1 Å². The van der Waals surface area contributed by atoms with Crippen molar-refractivity contribution in [3.8, 4) is 11.8 Å². The predicted octanol–water partition coefficient (Wildman–Crippen LogP) is 3.23. The second-order valence-electron chi connectivity index (χ2n) is 4.39. The molecule has 0 atom stereocenters. The van der Waals surface area contributed by atoms with Crippen LogP contribution in [-0.4, -0.2) is 17.6 Å². The number of hydrogen-bond donors (Lipinski definition) is 2. The highest BCUT2D eigenvalue weighted by atomic mass is 35.5. The first-order valence-electron chi connectivity index (χ1n) is 6.36. The molecule has 4 nitrogen and oxygen atoms in total. The van der Waals surface area contributed by atoms with Crippen molar-refractivity contribution >= 4 is 23.2 Å². The Morgan fingerprint density at radius 1 is 1.43 bits per heavy atom. The molecule has 0 saturated carbocycles. The van der Waals surface area contributed by atoms with E-state index in [1.54, 1.807) is 0 Å². The average Bonchev–Trinajstić information content (AvgIpc) is 2.88. The fourth-order valence-electron chi connectivity index (χ4n) is 1.73. The third kappa shape index (κ3) is 3.88. The van der Waals surface area contributed by atoms with Gasteiger partial charge in [-0.05, 0) is 42.3 Å². The Bertz CT molecular complexity index is 710. The molecule has 5 heteroatoms. The van der Waals surface area contributed by atoms with E-state index in [4.69, 9.17) is 21.1 Å². The minimum Gasteiger partial charge on any atom is -0.452 e. The van der Waals surface area contributed by atoms with Gasteiger partial charge in [0.15, 0.2) is 0 Å². The smallest absolute Gasteiger partial charge is 0.260 e. The lowest BCUT2D eigenvalue weighted by atomic mass is 10.1. The van der Waals surface area contributed by atoms with Crippen molar-refractivity contribution < 1.29 is 14.3 Å². The predicted molar refractivity (Wildman–Crippen MR) is 81.4 cm³/mol. The van der Waals surface area contributed by atoms with Crippen LogP contribution in [0, 0.1) is 18.8 Å². The first-order chi connectivity index (χ1) is 10.1. The molecule has 2 rings (SSSR count). The Morgan fingerprint density at radius 2 is 2.24 bits per heavy atom. The lowest BCUT2D eigenvalue weighted by Crippen LogP contribution is -2.12. The van der Waals surface area contributed by atoms with Crippen LogP contribution in [0.4, 0.5) is 5.69 Å². The van der Waals surface area contributed by atoms with Crippen LogP contribution in [-0.2, 0) is 0 Å². The number of carbonyl (C=O) groups excluding carboxylic acids is 1. The number of benzene rings is 1. The van der Waals surface area contributed by atoms with Gasteiger partial charge < -0.3 is 14.8 Å². The summed E-state index contributed by atoms with van der Waals surface area (Å²) in [7, 11) is 0. The van der Waals surface area contributed by atoms with Crippen molar-refractivity contribution in [2.24, 2.45) is 0 Å². The SMILES string of the molecule is Cc1ccc(C#CCCO)c(NC(=O)c2ccoc2Cl)c1. The van der Waals surface area contributed by atoms with E-state index in [-0.39, 0.29) is 23.3 Å². The van der Waals surface area contributed by atoms with Gasteiger partial charge in [-0.3, -0.25) is 4.79 Å². The normalized spacial score (nSPS) is 9.86. The summed E-state index contributed by atoms with van der Waals surface area (Å²) in [5.41, 5.74) is 2.55. The van der Waals surface area contributed by atoms with Crippen LogP contribution in [0.15, 0.2) is 34.9 Å². The number of aliphatic hydroxyl groups is 1. The van der Waals surface area contributed by atoms with Crippen LogP contribution < -0.4 is 5.32 Å². The third-order valence-corrected chi connectivity index (χ3v) is 3.04. The molecule has 0 bridgehead atoms. The van der Waals surface area contributed by atoms with Crippen LogP contribution in [0.2, 0.25) is 5.22 Å². The molecular formula is C16H14ClNO3. The summed E-state index contributed by atoms with van der Waals surface area (Å²) >= 11 is 5.79. The molecule has 1 amide bonds. The first-order valence-corrected chi connectivity index (χ1v) is 6.74. The number of anilines is 1. The van der Waals surface area contributed by atoms with Gasteiger partial charge in [-0.2, -0.15) is 0 Å². The monoisotopic (exact) mass is 303 g/mol. The number of amides is 1. The van der Waals surface area contributed by atoms with E-state index in [2.05, 4.69) is 17.2 Å². The lowest BCUT2D eigenvalue weighted by molar-refractivity contribution is 0.102. The average molecular weight is 304 g/mol. The highest BCUT2D eigenvalue weighted by molar-refractivity contribution is 6.32. The number of aryl methyl sites for hydroxylation is 1. The zero-order valence-electron chi connectivity index (χ0n) is 11.4. The van der Waals surface area contributed by atoms with E-state index in [1.165, 1.54) is 12.3 Å². The van der Waals surface area contributed by atoms with Crippen molar-refractivity contribution in [3.63, 3.8) is 0 Å². The third-order valence-electron chi connectivity index (χ3n) is 2.75. The van der Waals surface area contributed by atoms with Gasteiger partial charge in [0, 0.05) is 12.0 Å². The van der Waals surface area contributed by atoms with E-state index in [9.17, 15) is 4.79 Å². The Labute approximate surface area is 127 Å². The molecule has 1 heterocycles. The summed E-state index contributed by atoms with van der Waals surface area (Å²) in [4.78, 5) is 12.1. The number of hydrogen-bond acceptors (Lipinski definition) is 3. The molecule has 0 unspecified atom stereocenters. The second kappa shape index (κ2) is 6.98. The van der Waals surface area contributed by atoms with E-state index in [1.807, 2.05) is 25.1 Å². The molecule has 2 N–H and O–H groups in total. The number of furan rings is 1. The van der Waals surface area contributed by atoms with Gasteiger partial charge in [-0.1, -0.05) is 17.9 Å². The molecule has 108 valence electrons. The van der Waals surface area contributed by atoms with Crippen molar-refractivity contribution in [2.75, 3.05) is 11.9 Å². The molecule has 2 aromatic rings. The molecule has 0 fully saturated rings. The molecule has 1 aromatic carbocycles. The van der Waals surface area contributed by atoms with E-state index >= 15 is 0 Å². The van der Waals surface area contributed by atoms with Crippen LogP contribution in [0.5, 0.6) is 0 Å². The summed E-state index contributed by atoms with van der Waals surface area (Å²) in [5, 5.41) is 11.6. The Hall–Kier alpha value is -2.22. The molecular weight excluding hydrogens is 290 g/mol. The summed E-state index contributed by atoms with van der Waals surface area (Å²) in [6.07, 6.45) is 1.74. The van der Waals surface area contributed by atoms with E-state index in [0.29, 0.717) is 17.7 Å². The molecule has 0 aliphatic carbocycles. The summed E-state index contributed by atoms with van der Waals surface area (Å²) in [6, 6.07) is 7.06. The molecule has 0 spiro atoms. The van der Waals surface area contributed by atoms with E-state index in [0.717, 1.165) is 5.56 Å². The number of halogens is 1. The highest BCUT2D eigenvalue weighted by Crippen LogP contribution is 2.21. The number of rotatable bonds is 3. The van der Waals surface area contributed by atoms with Gasteiger partial charge in [0.25, 0.3) is 5.91 Å². The van der Waals surface area contributed by atoms with Crippen LogP contribution >= 0.6 is 11.6 Å². The minimum atomic E-state index is -0.357. The van der Waals surface area contributed by atoms with E-state index < -0.39 is 0 Å². The molecule has 0 saturated heterocycles. The summed E-state index contributed by atoms with van der Waals surface area (Å²) < 4.78 is 4.91. The van der Waals surface area contributed by atoms with Crippen LogP contribution in [0.25, 0.3) is 0 Å². The molecule has 21 heavy (non-hydrogen) atoms. The molecule has 0 aliphatic heterocycles. The standard InChI is InChI=1S/C16H14ClNO3/c1-11-5-6-12(4-2-3-8-19)14(10-11)18-16(20)13-7-9-21-15(13)17/h5-7,9-10,19H,3,8H2,1H3,(H,18,20). The minimum absolute atomic E-state index is 0.00514. The zero-order chi connectivity index (χ0) is 15.2. The van der Waals surface area contributed by atoms with Crippen molar-refractivity contribution in [3.05, 3.63) is 52.4 Å². The van der Waals surface area contributed by atoms with Gasteiger partial charge in [0.2, 0.25) is 5.22 Å². The van der Waals surface area contributed by atoms with Gasteiger partial charge in [-0.15, -0.1) is 0 Å². The zero-order valence-corrected chi connectivity index (χ0v) is 12.2. The second-order valence-corrected chi connectivity index (χ2v) is 4.73. The molecule has 0 radical (unpaired) electrons. The maximum atomic E-state index is 12.1. The largest absolute Gasteiger partial charge is 0.452 e. The van der Waals surface area contributed by atoms with Gasteiger partial charge >= 0.3 is 0 Å². The Kier molecular flexibility index (Phi) is 5.04. The van der Waals surface area contributed by atoms with Crippen LogP contribution in [0.1, 0.15) is 27.9 Å². The van der Waals surface area contributed by atoms with Gasteiger partial charge in [-0.25, -0.2) is 0 Å². The number of aliphatic hydroxyl groups excluding tert-OH is 1. The maximum Gasteiger partial charge on any atom is 0.260 e. The fourth-order valence-corrected chi connectivity index (χ4v) is 1.93. The van der Waals surface area contributed by atoms with Crippen molar-refractivity contribution in [1.29, 1.82) is 0 Å². The topological polar surface area (TPSA) is 62.5 Å². The number of nitrogens with one attached hydrogen (secondary N) is 1. The Balaban J connectivity index is 2.27. The Morgan fingerprint density at radius 3 is 2.90 bits per heavy atom. The molecule has 1 aromatic heterocycles. The maximum absolute atomic E-state index is 12.1. The first kappa shape index (κ1) is 15.2. The highest BCUT2D eigenvalue weighted by Gasteiger charge is 2.14. The fraction of sp³-hybridized carbons (Fsp3) is 0.188. The number of carbonyl (C=O) groups is 1. The van der Waals surface area contributed by atoms with Crippen LogP contribution in [0.3, 0.4) is 0 Å². The van der Waals surface area contributed by atoms with Crippen molar-refractivity contribution in [1.82, 2.24) is 0 Å². The van der Waals surface area contributed by atoms with Gasteiger partial charge in [0.1, 0.15) is 0 Å².